The highest BCUT2D eigenvalue weighted by Gasteiger charge is 2.16. The van der Waals surface area contributed by atoms with E-state index in [1.165, 1.54) is 25.1 Å². The molecule has 0 atom stereocenters. The predicted molar refractivity (Wildman–Crippen MR) is 46.5 cm³/mol. The van der Waals surface area contributed by atoms with Crippen LogP contribution in [-0.2, 0) is 6.42 Å². The fraction of sp³-hybridized carbons (Fsp3) is 0.400. The van der Waals surface area contributed by atoms with E-state index in [9.17, 15) is 0 Å². The smallest absolute Gasteiger partial charge is 0.000506 e. The van der Waals surface area contributed by atoms with E-state index in [0.717, 1.165) is 5.92 Å². The number of nitrogens with one attached hydrogen (secondary N) is 1. The summed E-state index contributed by atoms with van der Waals surface area (Å²) >= 11 is 0. The van der Waals surface area contributed by atoms with Crippen molar-refractivity contribution in [3.63, 3.8) is 0 Å². The normalized spacial score (nSPS) is 17.8. The van der Waals surface area contributed by atoms with Gasteiger partial charge in [0.2, 0.25) is 0 Å². The lowest BCUT2D eigenvalue weighted by Gasteiger charge is -2.26. The molecule has 1 N–H and O–H groups in total. The summed E-state index contributed by atoms with van der Waals surface area (Å²) < 4.78 is 0. The summed E-state index contributed by atoms with van der Waals surface area (Å²) in [6.07, 6.45) is 1.24. The molecule has 0 unspecified atom stereocenters. The van der Waals surface area contributed by atoms with Crippen LogP contribution in [0.5, 0.6) is 0 Å². The van der Waals surface area contributed by atoms with Crippen molar-refractivity contribution in [2.45, 2.75) is 6.42 Å². The molecule has 1 saturated heterocycles. The van der Waals surface area contributed by atoms with E-state index in [1.54, 1.807) is 0 Å². The van der Waals surface area contributed by atoms with Gasteiger partial charge in [-0.1, -0.05) is 30.3 Å². The Hall–Kier alpha value is -0.820. The molecule has 0 spiro atoms. The minimum atomic E-state index is 0.886. The molecule has 0 bridgehead atoms. The third-order valence-corrected chi connectivity index (χ3v) is 2.23. The molecule has 58 valence electrons. The molecular formula is C10H13N. The first-order valence-electron chi connectivity index (χ1n) is 4.20. The van der Waals surface area contributed by atoms with Gasteiger partial charge in [-0.3, -0.25) is 0 Å². The van der Waals surface area contributed by atoms with Crippen molar-refractivity contribution >= 4 is 0 Å². The Morgan fingerprint density at radius 1 is 1.18 bits per heavy atom. The van der Waals surface area contributed by atoms with Crippen LogP contribution in [0.3, 0.4) is 0 Å². The fourth-order valence-corrected chi connectivity index (χ4v) is 1.44. The third kappa shape index (κ3) is 1.60. The van der Waals surface area contributed by atoms with Crippen molar-refractivity contribution in [3.05, 3.63) is 35.9 Å². The minimum Gasteiger partial charge on any atom is -0.316 e. The van der Waals surface area contributed by atoms with Crippen LogP contribution < -0.4 is 5.32 Å². The van der Waals surface area contributed by atoms with Gasteiger partial charge in [0.1, 0.15) is 0 Å². The van der Waals surface area contributed by atoms with E-state index in [4.69, 9.17) is 0 Å². The maximum absolute atomic E-state index is 3.28. The Balaban J connectivity index is 1.95. The molecule has 0 amide bonds. The van der Waals surface area contributed by atoms with Gasteiger partial charge in [-0.25, -0.2) is 0 Å². The van der Waals surface area contributed by atoms with Crippen LogP contribution in [0.1, 0.15) is 5.56 Å². The Labute approximate surface area is 67.4 Å². The van der Waals surface area contributed by atoms with Crippen molar-refractivity contribution in [2.24, 2.45) is 5.92 Å². The first-order valence-corrected chi connectivity index (χ1v) is 4.20. The number of hydrogen-bond acceptors (Lipinski definition) is 1. The molecule has 1 fully saturated rings. The van der Waals surface area contributed by atoms with E-state index in [0.29, 0.717) is 0 Å². The summed E-state index contributed by atoms with van der Waals surface area (Å²) in [5.41, 5.74) is 1.47. The van der Waals surface area contributed by atoms with Gasteiger partial charge in [0, 0.05) is 0 Å². The standard InChI is InChI=1S/C10H13N/c1-2-4-9(5-3-1)6-10-7-11-8-10/h1-5,10-11H,6-8H2. The number of benzene rings is 1. The molecule has 1 aliphatic heterocycles. The summed E-state index contributed by atoms with van der Waals surface area (Å²) in [5.74, 6) is 0.886. The molecule has 11 heavy (non-hydrogen) atoms. The first-order chi connectivity index (χ1) is 5.45. The summed E-state index contributed by atoms with van der Waals surface area (Å²) in [7, 11) is 0. The van der Waals surface area contributed by atoms with Crippen LogP contribution in [0.25, 0.3) is 0 Å². The molecule has 0 aromatic heterocycles. The Kier molecular flexibility index (Phi) is 1.91. The summed E-state index contributed by atoms with van der Waals surface area (Å²) in [5, 5.41) is 3.28. The van der Waals surface area contributed by atoms with Gasteiger partial charge in [0.05, 0.1) is 0 Å². The largest absolute Gasteiger partial charge is 0.316 e. The van der Waals surface area contributed by atoms with Gasteiger partial charge < -0.3 is 5.32 Å². The monoisotopic (exact) mass is 147 g/mol. The minimum absolute atomic E-state index is 0.886. The van der Waals surface area contributed by atoms with Crippen molar-refractivity contribution in [3.8, 4) is 0 Å². The van der Waals surface area contributed by atoms with Gasteiger partial charge in [-0.15, -0.1) is 0 Å². The highest BCUT2D eigenvalue weighted by Crippen LogP contribution is 2.11. The predicted octanol–water partition coefficient (Wildman–Crippen LogP) is 1.45. The van der Waals surface area contributed by atoms with E-state index < -0.39 is 0 Å². The van der Waals surface area contributed by atoms with Crippen molar-refractivity contribution in [1.29, 1.82) is 0 Å². The lowest BCUT2D eigenvalue weighted by atomic mass is 9.95. The van der Waals surface area contributed by atoms with Gasteiger partial charge in [-0.2, -0.15) is 0 Å². The molecule has 1 nitrogen and oxygen atoms in total. The Morgan fingerprint density at radius 3 is 2.45 bits per heavy atom. The molecule has 0 radical (unpaired) electrons. The maximum atomic E-state index is 3.28. The van der Waals surface area contributed by atoms with Crippen molar-refractivity contribution in [1.82, 2.24) is 5.32 Å². The van der Waals surface area contributed by atoms with Crippen molar-refractivity contribution < 1.29 is 0 Å². The van der Waals surface area contributed by atoms with E-state index in [2.05, 4.69) is 35.6 Å². The molecule has 1 aliphatic rings. The second-order valence-electron chi connectivity index (χ2n) is 3.21. The Morgan fingerprint density at radius 2 is 1.91 bits per heavy atom. The molecular weight excluding hydrogens is 134 g/mol. The zero-order chi connectivity index (χ0) is 7.52. The zero-order valence-corrected chi connectivity index (χ0v) is 6.59. The van der Waals surface area contributed by atoms with Gasteiger partial charge >= 0.3 is 0 Å². The van der Waals surface area contributed by atoms with Crippen LogP contribution in [0.15, 0.2) is 30.3 Å². The highest BCUT2D eigenvalue weighted by atomic mass is 14.9. The van der Waals surface area contributed by atoms with Gasteiger partial charge in [0.15, 0.2) is 0 Å². The molecule has 1 aromatic rings. The third-order valence-electron chi connectivity index (χ3n) is 2.23. The molecule has 1 heterocycles. The fourth-order valence-electron chi connectivity index (χ4n) is 1.44. The molecule has 1 aromatic carbocycles. The topological polar surface area (TPSA) is 12.0 Å². The molecule has 1 heteroatoms. The number of hydrogen-bond donors (Lipinski definition) is 1. The molecule has 2 rings (SSSR count). The van der Waals surface area contributed by atoms with E-state index in [-0.39, 0.29) is 0 Å². The summed E-state index contributed by atoms with van der Waals surface area (Å²) in [4.78, 5) is 0. The van der Waals surface area contributed by atoms with Crippen molar-refractivity contribution in [2.75, 3.05) is 13.1 Å². The quantitative estimate of drug-likeness (QED) is 0.667. The summed E-state index contributed by atoms with van der Waals surface area (Å²) in [6, 6.07) is 10.7. The van der Waals surface area contributed by atoms with Crippen LogP contribution in [-0.4, -0.2) is 13.1 Å². The lowest BCUT2D eigenvalue weighted by Crippen LogP contribution is -2.43. The van der Waals surface area contributed by atoms with Gasteiger partial charge in [0.25, 0.3) is 0 Å². The summed E-state index contributed by atoms with van der Waals surface area (Å²) in [6.45, 7) is 2.41. The average molecular weight is 147 g/mol. The van der Waals surface area contributed by atoms with E-state index >= 15 is 0 Å². The second kappa shape index (κ2) is 3.05. The lowest BCUT2D eigenvalue weighted by molar-refractivity contribution is 0.346. The highest BCUT2D eigenvalue weighted by molar-refractivity contribution is 5.15. The van der Waals surface area contributed by atoms with Crippen LogP contribution in [0.2, 0.25) is 0 Å². The van der Waals surface area contributed by atoms with Gasteiger partial charge in [-0.05, 0) is 31.0 Å². The molecule has 0 saturated carbocycles. The zero-order valence-electron chi connectivity index (χ0n) is 6.59. The van der Waals surface area contributed by atoms with Crippen LogP contribution in [0.4, 0.5) is 0 Å². The second-order valence-corrected chi connectivity index (χ2v) is 3.21. The Bertz CT molecular complexity index is 214. The number of rotatable bonds is 2. The first kappa shape index (κ1) is 6.86. The van der Waals surface area contributed by atoms with Crippen LogP contribution in [0, 0.1) is 5.92 Å². The van der Waals surface area contributed by atoms with E-state index in [1.807, 2.05) is 0 Å². The molecule has 0 aliphatic carbocycles. The average Bonchev–Trinajstić information content (AvgIpc) is 1.99. The van der Waals surface area contributed by atoms with Crippen LogP contribution >= 0.6 is 0 Å². The SMILES string of the molecule is c1ccc(CC2CNC2)cc1. The maximum Gasteiger partial charge on any atom is -0.000506 e.